The number of anilines is 1. The maximum atomic E-state index is 4.66. The first-order valence-corrected chi connectivity index (χ1v) is 8.19. The number of hydrogen-bond donors (Lipinski definition) is 1. The molecule has 2 aromatic rings. The summed E-state index contributed by atoms with van der Waals surface area (Å²) in [4.78, 5) is 13.9. The normalized spacial score (nSPS) is 16.3. The molecule has 0 radical (unpaired) electrons. The van der Waals surface area contributed by atoms with E-state index in [9.17, 15) is 0 Å². The minimum atomic E-state index is 0.859. The Morgan fingerprint density at radius 3 is 2.81 bits per heavy atom. The smallest absolute Gasteiger partial charge is 0.128 e. The molecule has 1 fully saturated rings. The second-order valence-electron chi connectivity index (χ2n) is 5.21. The zero-order chi connectivity index (χ0) is 14.5. The van der Waals surface area contributed by atoms with Gasteiger partial charge in [0.05, 0.1) is 5.69 Å². The summed E-state index contributed by atoms with van der Waals surface area (Å²) in [6.45, 7) is 6.01. The van der Waals surface area contributed by atoms with Gasteiger partial charge in [0, 0.05) is 50.8 Å². The van der Waals surface area contributed by atoms with Crippen LogP contribution in [0.1, 0.15) is 10.7 Å². The molecule has 112 valence electrons. The highest BCUT2D eigenvalue weighted by Crippen LogP contribution is 2.16. The van der Waals surface area contributed by atoms with Crippen molar-refractivity contribution in [2.45, 2.75) is 13.1 Å². The summed E-state index contributed by atoms with van der Waals surface area (Å²) < 4.78 is 0. The summed E-state index contributed by atoms with van der Waals surface area (Å²) in [6.07, 6.45) is 1.86. The largest absolute Gasteiger partial charge is 0.354 e. The Morgan fingerprint density at radius 1 is 1.24 bits per heavy atom. The fourth-order valence-corrected chi connectivity index (χ4v) is 3.36. The molecule has 1 saturated heterocycles. The molecule has 0 unspecified atom stereocenters. The molecule has 1 aliphatic heterocycles. The van der Waals surface area contributed by atoms with Gasteiger partial charge in [-0.15, -0.1) is 11.3 Å². The maximum Gasteiger partial charge on any atom is 0.128 e. The Bertz CT molecular complexity index is 548. The van der Waals surface area contributed by atoms with Gasteiger partial charge < -0.3 is 10.2 Å². The Morgan fingerprint density at radius 2 is 2.10 bits per heavy atom. The zero-order valence-corrected chi connectivity index (χ0v) is 13.1. The number of nitrogens with zero attached hydrogens (tertiary/aromatic N) is 4. The van der Waals surface area contributed by atoms with E-state index in [2.05, 4.69) is 36.5 Å². The molecule has 1 N–H and O–H groups in total. The average Bonchev–Trinajstić information content (AvgIpc) is 2.97. The van der Waals surface area contributed by atoms with Crippen molar-refractivity contribution in [3.63, 3.8) is 0 Å². The standard InChI is InChI=1S/C15H21N5S/c1-16-10-15-18-13(12-21-15)11-19-6-8-20(9-7-19)14-4-2-3-5-17-14/h2-5,12,16H,6-11H2,1H3. The van der Waals surface area contributed by atoms with E-state index in [-0.39, 0.29) is 0 Å². The van der Waals surface area contributed by atoms with Crippen LogP contribution < -0.4 is 10.2 Å². The highest BCUT2D eigenvalue weighted by Gasteiger charge is 2.18. The van der Waals surface area contributed by atoms with Crippen LogP contribution in [0.4, 0.5) is 5.82 Å². The van der Waals surface area contributed by atoms with Gasteiger partial charge in [-0.25, -0.2) is 9.97 Å². The number of aromatic nitrogens is 2. The predicted octanol–water partition coefficient (Wildman–Crippen LogP) is 1.58. The van der Waals surface area contributed by atoms with Crippen molar-refractivity contribution in [2.75, 3.05) is 38.1 Å². The van der Waals surface area contributed by atoms with Crippen LogP contribution in [0.15, 0.2) is 29.8 Å². The van der Waals surface area contributed by atoms with Gasteiger partial charge in [-0.2, -0.15) is 0 Å². The van der Waals surface area contributed by atoms with E-state index in [1.54, 1.807) is 11.3 Å². The number of thiazole rings is 1. The minimum absolute atomic E-state index is 0.859. The minimum Gasteiger partial charge on any atom is -0.354 e. The highest BCUT2D eigenvalue weighted by atomic mass is 32.1. The number of pyridine rings is 1. The topological polar surface area (TPSA) is 44.3 Å². The fourth-order valence-electron chi connectivity index (χ4n) is 2.56. The van der Waals surface area contributed by atoms with E-state index in [1.807, 2.05) is 25.4 Å². The van der Waals surface area contributed by atoms with E-state index in [0.29, 0.717) is 0 Å². The van der Waals surface area contributed by atoms with Crippen molar-refractivity contribution in [3.8, 4) is 0 Å². The molecule has 2 aromatic heterocycles. The van der Waals surface area contributed by atoms with Crippen LogP contribution in [0.2, 0.25) is 0 Å². The van der Waals surface area contributed by atoms with Crippen LogP contribution in [0.5, 0.6) is 0 Å². The lowest BCUT2D eigenvalue weighted by Gasteiger charge is -2.35. The summed E-state index contributed by atoms with van der Waals surface area (Å²) in [5.41, 5.74) is 1.19. The molecule has 0 aliphatic carbocycles. The molecule has 0 spiro atoms. The molecule has 21 heavy (non-hydrogen) atoms. The van der Waals surface area contributed by atoms with Gasteiger partial charge in [-0.3, -0.25) is 4.90 Å². The fraction of sp³-hybridized carbons (Fsp3) is 0.467. The molecule has 3 rings (SSSR count). The third kappa shape index (κ3) is 3.78. The van der Waals surface area contributed by atoms with Crippen LogP contribution in [0.3, 0.4) is 0 Å². The molecule has 0 amide bonds. The summed E-state index contributed by atoms with van der Waals surface area (Å²) in [6, 6.07) is 6.10. The van der Waals surface area contributed by atoms with Crippen molar-refractivity contribution in [1.82, 2.24) is 20.2 Å². The van der Waals surface area contributed by atoms with E-state index >= 15 is 0 Å². The zero-order valence-electron chi connectivity index (χ0n) is 12.3. The van der Waals surface area contributed by atoms with Crippen LogP contribution in [0.25, 0.3) is 0 Å². The third-order valence-corrected chi connectivity index (χ3v) is 4.56. The lowest BCUT2D eigenvalue weighted by Crippen LogP contribution is -2.46. The van der Waals surface area contributed by atoms with Gasteiger partial charge in [0.25, 0.3) is 0 Å². The van der Waals surface area contributed by atoms with Gasteiger partial charge in [0.15, 0.2) is 0 Å². The van der Waals surface area contributed by atoms with E-state index < -0.39 is 0 Å². The summed E-state index contributed by atoms with van der Waals surface area (Å²) in [7, 11) is 1.96. The highest BCUT2D eigenvalue weighted by molar-refractivity contribution is 7.09. The summed E-state index contributed by atoms with van der Waals surface area (Å²) in [5, 5.41) is 6.49. The molecule has 3 heterocycles. The van der Waals surface area contributed by atoms with Crippen molar-refractivity contribution in [1.29, 1.82) is 0 Å². The third-order valence-electron chi connectivity index (χ3n) is 3.66. The van der Waals surface area contributed by atoms with Crippen molar-refractivity contribution >= 4 is 17.2 Å². The Balaban J connectivity index is 1.51. The van der Waals surface area contributed by atoms with Crippen molar-refractivity contribution in [2.24, 2.45) is 0 Å². The lowest BCUT2D eigenvalue weighted by molar-refractivity contribution is 0.247. The maximum absolute atomic E-state index is 4.66. The molecule has 1 aliphatic rings. The van der Waals surface area contributed by atoms with Crippen molar-refractivity contribution < 1.29 is 0 Å². The number of nitrogens with one attached hydrogen (secondary N) is 1. The predicted molar refractivity (Wildman–Crippen MR) is 86.6 cm³/mol. The molecule has 0 saturated carbocycles. The van der Waals surface area contributed by atoms with Crippen molar-refractivity contribution in [3.05, 3.63) is 40.5 Å². The number of piperazine rings is 1. The lowest BCUT2D eigenvalue weighted by atomic mass is 10.3. The van der Waals surface area contributed by atoms with E-state index in [1.165, 1.54) is 10.7 Å². The second-order valence-corrected chi connectivity index (χ2v) is 6.16. The Labute approximate surface area is 129 Å². The second kappa shape index (κ2) is 6.98. The van der Waals surface area contributed by atoms with Crippen LogP contribution >= 0.6 is 11.3 Å². The first-order valence-electron chi connectivity index (χ1n) is 7.31. The van der Waals surface area contributed by atoms with Gasteiger partial charge in [0.2, 0.25) is 0 Å². The van der Waals surface area contributed by atoms with Gasteiger partial charge in [-0.1, -0.05) is 6.07 Å². The van der Waals surface area contributed by atoms with Gasteiger partial charge in [-0.05, 0) is 19.2 Å². The molecule has 0 bridgehead atoms. The van der Waals surface area contributed by atoms with Crippen LogP contribution in [0, 0.1) is 0 Å². The summed E-state index contributed by atoms with van der Waals surface area (Å²) >= 11 is 1.74. The molecular weight excluding hydrogens is 282 g/mol. The monoisotopic (exact) mass is 303 g/mol. The Hall–Kier alpha value is -1.50. The van der Waals surface area contributed by atoms with Crippen LogP contribution in [-0.2, 0) is 13.1 Å². The van der Waals surface area contributed by atoms with Crippen LogP contribution in [-0.4, -0.2) is 48.1 Å². The van der Waals surface area contributed by atoms with Gasteiger partial charge >= 0.3 is 0 Å². The first-order chi connectivity index (χ1) is 10.3. The summed E-state index contributed by atoms with van der Waals surface area (Å²) in [5.74, 6) is 1.09. The SMILES string of the molecule is CNCc1nc(CN2CCN(c3ccccn3)CC2)cs1. The van der Waals surface area contributed by atoms with E-state index in [4.69, 9.17) is 0 Å². The molecule has 5 nitrogen and oxygen atoms in total. The van der Waals surface area contributed by atoms with E-state index in [0.717, 1.165) is 45.1 Å². The number of rotatable bonds is 5. The molecular formula is C15H21N5S. The molecule has 0 atom stereocenters. The quantitative estimate of drug-likeness (QED) is 0.908. The first kappa shape index (κ1) is 14.4. The Kier molecular flexibility index (Phi) is 4.80. The number of hydrogen-bond acceptors (Lipinski definition) is 6. The average molecular weight is 303 g/mol. The molecule has 0 aromatic carbocycles. The van der Waals surface area contributed by atoms with Gasteiger partial charge in [0.1, 0.15) is 10.8 Å². The molecule has 6 heteroatoms.